The van der Waals surface area contributed by atoms with Crippen LogP contribution < -0.4 is 0 Å². The Balaban J connectivity index is 2.03. The summed E-state index contributed by atoms with van der Waals surface area (Å²) in [6, 6.07) is 6.60. The number of allylic oxidation sites excluding steroid dienone is 2. The van der Waals surface area contributed by atoms with Crippen molar-refractivity contribution in [2.24, 2.45) is 11.3 Å². The van der Waals surface area contributed by atoms with E-state index in [0.717, 1.165) is 12.0 Å². The number of aryl methyl sites for hydroxylation is 1. The Hall–Kier alpha value is -1.95. The average Bonchev–Trinajstić information content (AvgIpc) is 3.12. The fourth-order valence-corrected chi connectivity index (χ4v) is 5.92. The molecule has 25 heavy (non-hydrogen) atoms. The van der Waals surface area contributed by atoms with Crippen molar-refractivity contribution < 1.29 is 22.7 Å². The number of hydrogen-bond donors (Lipinski definition) is 0. The normalized spacial score (nSPS) is 26.5. The van der Waals surface area contributed by atoms with Gasteiger partial charge in [0.25, 0.3) is 0 Å². The summed E-state index contributed by atoms with van der Waals surface area (Å²) < 4.78 is 31.0. The lowest BCUT2D eigenvalue weighted by Crippen LogP contribution is -2.37. The van der Waals surface area contributed by atoms with Crippen LogP contribution in [0.1, 0.15) is 38.2 Å². The van der Waals surface area contributed by atoms with Crippen LogP contribution in [0.2, 0.25) is 0 Å². The van der Waals surface area contributed by atoms with Crippen molar-refractivity contribution in [2.45, 2.75) is 44.4 Å². The van der Waals surface area contributed by atoms with Crippen LogP contribution in [-0.2, 0) is 24.2 Å². The molecule has 2 aliphatic rings. The standard InChI is InChI=1S/C19H22O5S/c1-12-6-8-14(9-7-12)25(22,23)16-11-19(17(20)13(16)2)10-4-5-15(19)18(21)24-3/h6-9,15H,4-5,10-11H2,1-3H3/t15-,19+/m1/s1. The van der Waals surface area contributed by atoms with Crippen molar-refractivity contribution >= 4 is 21.6 Å². The molecule has 1 aromatic carbocycles. The summed E-state index contributed by atoms with van der Waals surface area (Å²) in [4.78, 5) is 25.5. The first kappa shape index (κ1) is 17.9. The van der Waals surface area contributed by atoms with Gasteiger partial charge in [0.1, 0.15) is 0 Å². The summed E-state index contributed by atoms with van der Waals surface area (Å²) in [6.07, 6.45) is 1.89. The second kappa shape index (κ2) is 6.09. The van der Waals surface area contributed by atoms with Crippen LogP contribution in [0.4, 0.5) is 0 Å². The number of ether oxygens (including phenoxy) is 1. The number of benzene rings is 1. The number of sulfone groups is 1. The number of rotatable bonds is 3. The van der Waals surface area contributed by atoms with Gasteiger partial charge in [-0.1, -0.05) is 24.1 Å². The second-order valence-corrected chi connectivity index (χ2v) is 8.97. The monoisotopic (exact) mass is 362 g/mol. The quantitative estimate of drug-likeness (QED) is 0.773. The topological polar surface area (TPSA) is 77.5 Å². The van der Waals surface area contributed by atoms with E-state index in [1.807, 2.05) is 6.92 Å². The third-order valence-electron chi connectivity index (χ3n) is 5.61. The maximum absolute atomic E-state index is 13.1. The van der Waals surface area contributed by atoms with Gasteiger partial charge in [0, 0.05) is 5.57 Å². The Kier molecular flexibility index (Phi) is 4.35. The smallest absolute Gasteiger partial charge is 0.309 e. The lowest BCUT2D eigenvalue weighted by atomic mass is 9.74. The summed E-state index contributed by atoms with van der Waals surface area (Å²) in [5.41, 5.74) is 0.270. The molecule has 0 aromatic heterocycles. The zero-order valence-corrected chi connectivity index (χ0v) is 15.5. The molecule has 0 radical (unpaired) electrons. The predicted molar refractivity (Wildman–Crippen MR) is 92.5 cm³/mol. The molecular weight excluding hydrogens is 340 g/mol. The highest BCUT2D eigenvalue weighted by Gasteiger charge is 2.58. The Morgan fingerprint density at radius 2 is 1.84 bits per heavy atom. The Labute approximate surface area is 148 Å². The number of Topliss-reactive ketones (excluding diaryl/α,β-unsaturated/α-hetero) is 1. The minimum Gasteiger partial charge on any atom is -0.469 e. The molecule has 1 saturated carbocycles. The van der Waals surface area contributed by atoms with Crippen LogP contribution in [0, 0.1) is 18.3 Å². The fourth-order valence-electron chi connectivity index (χ4n) is 4.20. The third kappa shape index (κ3) is 2.63. The van der Waals surface area contributed by atoms with Crippen molar-refractivity contribution in [3.05, 3.63) is 40.3 Å². The number of methoxy groups -OCH3 is 1. The van der Waals surface area contributed by atoms with Gasteiger partial charge in [-0.15, -0.1) is 0 Å². The maximum Gasteiger partial charge on any atom is 0.309 e. The zero-order chi connectivity index (χ0) is 18.4. The molecule has 6 heteroatoms. The Bertz CT molecular complexity index is 864. The molecule has 0 unspecified atom stereocenters. The van der Waals surface area contributed by atoms with Crippen LogP contribution in [0.5, 0.6) is 0 Å². The van der Waals surface area contributed by atoms with E-state index < -0.39 is 27.1 Å². The Morgan fingerprint density at radius 1 is 1.20 bits per heavy atom. The summed E-state index contributed by atoms with van der Waals surface area (Å²) in [6.45, 7) is 3.44. The minimum absolute atomic E-state index is 0.0909. The number of carbonyl (C=O) groups is 2. The largest absolute Gasteiger partial charge is 0.469 e. The van der Waals surface area contributed by atoms with Crippen LogP contribution in [0.25, 0.3) is 0 Å². The molecule has 0 aliphatic heterocycles. The second-order valence-electron chi connectivity index (χ2n) is 6.99. The van der Waals surface area contributed by atoms with Gasteiger partial charge in [-0.2, -0.15) is 0 Å². The molecule has 1 spiro atoms. The van der Waals surface area contributed by atoms with Crippen molar-refractivity contribution in [1.82, 2.24) is 0 Å². The number of hydrogen-bond acceptors (Lipinski definition) is 5. The van der Waals surface area contributed by atoms with Gasteiger partial charge in [0.15, 0.2) is 5.78 Å². The molecule has 2 atom stereocenters. The maximum atomic E-state index is 13.1. The number of carbonyl (C=O) groups excluding carboxylic acids is 2. The minimum atomic E-state index is -3.75. The van der Waals surface area contributed by atoms with Gasteiger partial charge in [-0.05, 0) is 45.2 Å². The lowest BCUT2D eigenvalue weighted by molar-refractivity contribution is -0.152. The van der Waals surface area contributed by atoms with E-state index in [9.17, 15) is 18.0 Å². The van der Waals surface area contributed by atoms with Crippen LogP contribution in [0.15, 0.2) is 39.6 Å². The SMILES string of the molecule is COC(=O)[C@H]1CCC[C@]12CC(S(=O)(=O)c1ccc(C)cc1)=C(C)C2=O. The number of ketones is 1. The van der Waals surface area contributed by atoms with Crippen molar-refractivity contribution in [2.75, 3.05) is 7.11 Å². The van der Waals surface area contributed by atoms with Gasteiger partial charge < -0.3 is 4.74 Å². The summed E-state index contributed by atoms with van der Waals surface area (Å²) >= 11 is 0. The van der Waals surface area contributed by atoms with E-state index in [1.165, 1.54) is 7.11 Å². The molecule has 134 valence electrons. The highest BCUT2D eigenvalue weighted by molar-refractivity contribution is 7.95. The van der Waals surface area contributed by atoms with Crippen molar-refractivity contribution in [1.29, 1.82) is 0 Å². The summed E-state index contributed by atoms with van der Waals surface area (Å²) in [5.74, 6) is -1.20. The number of esters is 1. The van der Waals surface area contributed by atoms with Crippen molar-refractivity contribution in [3.63, 3.8) is 0 Å². The first-order valence-electron chi connectivity index (χ1n) is 8.38. The van der Waals surface area contributed by atoms with Crippen LogP contribution in [-0.4, -0.2) is 27.3 Å². The lowest BCUT2D eigenvalue weighted by Gasteiger charge is -2.28. The van der Waals surface area contributed by atoms with E-state index in [1.54, 1.807) is 31.2 Å². The van der Waals surface area contributed by atoms with E-state index >= 15 is 0 Å². The van der Waals surface area contributed by atoms with E-state index in [-0.39, 0.29) is 27.6 Å². The molecule has 0 amide bonds. The van der Waals surface area contributed by atoms with Gasteiger partial charge in [0.05, 0.1) is 28.2 Å². The molecule has 1 aromatic rings. The summed E-state index contributed by atoms with van der Waals surface area (Å²) in [5, 5.41) is 0. The van der Waals surface area contributed by atoms with E-state index in [2.05, 4.69) is 0 Å². The summed E-state index contributed by atoms with van der Waals surface area (Å²) in [7, 11) is -2.45. The van der Waals surface area contributed by atoms with Crippen LogP contribution >= 0.6 is 0 Å². The fraction of sp³-hybridized carbons (Fsp3) is 0.474. The zero-order valence-electron chi connectivity index (χ0n) is 14.7. The molecule has 0 bridgehead atoms. The van der Waals surface area contributed by atoms with Gasteiger partial charge in [-0.3, -0.25) is 9.59 Å². The Morgan fingerprint density at radius 3 is 2.44 bits per heavy atom. The highest BCUT2D eigenvalue weighted by Crippen LogP contribution is 2.55. The molecule has 3 rings (SSSR count). The first-order chi connectivity index (χ1) is 11.7. The molecule has 0 N–H and O–H groups in total. The average molecular weight is 362 g/mol. The highest BCUT2D eigenvalue weighted by atomic mass is 32.2. The van der Waals surface area contributed by atoms with Crippen molar-refractivity contribution in [3.8, 4) is 0 Å². The molecule has 2 aliphatic carbocycles. The third-order valence-corrected chi connectivity index (χ3v) is 7.60. The van der Waals surface area contributed by atoms with Crippen LogP contribution in [0.3, 0.4) is 0 Å². The van der Waals surface area contributed by atoms with Gasteiger partial charge >= 0.3 is 5.97 Å². The molecular formula is C19H22O5S. The predicted octanol–water partition coefficient (Wildman–Crippen LogP) is 2.98. The first-order valence-corrected chi connectivity index (χ1v) is 9.86. The molecule has 1 fully saturated rings. The van der Waals surface area contributed by atoms with Gasteiger partial charge in [0.2, 0.25) is 9.84 Å². The molecule has 0 heterocycles. The molecule has 5 nitrogen and oxygen atoms in total. The molecule has 0 saturated heterocycles. The van der Waals surface area contributed by atoms with Gasteiger partial charge in [-0.25, -0.2) is 8.42 Å². The van der Waals surface area contributed by atoms with E-state index in [4.69, 9.17) is 4.74 Å². The van der Waals surface area contributed by atoms with E-state index in [0.29, 0.717) is 12.8 Å².